The van der Waals surface area contributed by atoms with Crippen LogP contribution in [-0.2, 0) is 9.13 Å². The minimum Gasteiger partial charge on any atom is -0.314 e. The maximum Gasteiger partial charge on any atom is 0.378 e. The summed E-state index contributed by atoms with van der Waals surface area (Å²) < 4.78 is 24.8. The van der Waals surface area contributed by atoms with Crippen LogP contribution in [0.4, 0.5) is 0 Å². The van der Waals surface area contributed by atoms with Gasteiger partial charge in [0.15, 0.2) is 0 Å². The van der Waals surface area contributed by atoms with Gasteiger partial charge < -0.3 is 4.48 Å². The van der Waals surface area contributed by atoms with E-state index in [0.29, 0.717) is 4.48 Å². The zero-order valence-electron chi connectivity index (χ0n) is 24.6. The fraction of sp³-hybridized carbons (Fsp3) is 0.935. The first kappa shape index (κ1) is 34.6. The third-order valence-electron chi connectivity index (χ3n) is 7.83. The molecular formula is C31H63NO2P+. The molecule has 0 aliphatic heterocycles. The molecular weight excluding hydrogens is 449 g/mol. The van der Waals surface area contributed by atoms with Crippen LogP contribution in [0.5, 0.6) is 0 Å². The van der Waals surface area contributed by atoms with Crippen LogP contribution in [0, 0.1) is 0 Å². The van der Waals surface area contributed by atoms with E-state index in [1.807, 2.05) is 21.1 Å². The van der Waals surface area contributed by atoms with Crippen LogP contribution < -0.4 is 0 Å². The third kappa shape index (κ3) is 17.6. The highest BCUT2D eigenvalue weighted by Crippen LogP contribution is 2.44. The topological polar surface area (TPSA) is 34.1 Å². The van der Waals surface area contributed by atoms with Crippen LogP contribution in [-0.4, -0.2) is 30.9 Å². The Kier molecular flexibility index (Phi) is 22.5. The van der Waals surface area contributed by atoms with Crippen molar-refractivity contribution in [3.63, 3.8) is 0 Å². The first-order valence-corrected chi connectivity index (χ1v) is 16.6. The van der Waals surface area contributed by atoms with Crippen molar-refractivity contribution in [3.05, 3.63) is 12.2 Å². The van der Waals surface area contributed by atoms with Crippen LogP contribution in [0.15, 0.2) is 12.2 Å². The van der Waals surface area contributed by atoms with Gasteiger partial charge in [-0.2, -0.15) is 0 Å². The maximum absolute atomic E-state index is 12.1. The summed E-state index contributed by atoms with van der Waals surface area (Å²) in [6, 6.07) is 0. The molecule has 0 saturated heterocycles. The number of allylic oxidation sites excluding steroid dienone is 2. The molecule has 35 heavy (non-hydrogen) atoms. The van der Waals surface area contributed by atoms with Gasteiger partial charge in [0, 0.05) is 12.8 Å². The van der Waals surface area contributed by atoms with E-state index in [0.717, 1.165) is 25.7 Å². The largest absolute Gasteiger partial charge is 0.378 e. The lowest BCUT2D eigenvalue weighted by Crippen LogP contribution is -2.53. The molecule has 0 aromatic rings. The van der Waals surface area contributed by atoms with Gasteiger partial charge in [-0.15, -0.1) is 0 Å². The zero-order chi connectivity index (χ0) is 26.3. The zero-order valence-corrected chi connectivity index (χ0v) is 25.5. The van der Waals surface area contributed by atoms with Gasteiger partial charge in [-0.1, -0.05) is 122 Å². The number of quaternary nitrogens is 1. The second kappa shape index (κ2) is 22.8. The molecule has 1 atom stereocenters. The smallest absolute Gasteiger partial charge is 0.314 e. The lowest BCUT2D eigenvalue weighted by atomic mass is 9.99. The van der Waals surface area contributed by atoms with E-state index < -0.39 is 13.0 Å². The number of hydrogen-bond donors (Lipinski definition) is 0. The SMILES string of the molecule is CCCCCCCC=CCCCCCCCCCCCCCCCC(CCC)(P(=O)=O)[N+](C)(C)C. The highest BCUT2D eigenvalue weighted by Gasteiger charge is 2.47. The molecule has 0 aromatic carbocycles. The summed E-state index contributed by atoms with van der Waals surface area (Å²) in [6.07, 6.45) is 34.1. The van der Waals surface area contributed by atoms with Gasteiger partial charge in [-0.05, 0) is 38.5 Å². The van der Waals surface area contributed by atoms with E-state index in [1.165, 1.54) is 122 Å². The normalized spacial score (nSPS) is 14.0. The molecule has 1 unspecified atom stereocenters. The lowest BCUT2D eigenvalue weighted by molar-refractivity contribution is -0.908. The number of unbranched alkanes of at least 4 members (excludes halogenated alkanes) is 18. The summed E-state index contributed by atoms with van der Waals surface area (Å²) in [5, 5.41) is -0.589. The second-order valence-corrected chi connectivity index (χ2v) is 13.2. The Labute approximate surface area is 221 Å². The summed E-state index contributed by atoms with van der Waals surface area (Å²) >= 11 is 0. The van der Waals surface area contributed by atoms with Gasteiger partial charge in [0.1, 0.15) is 0 Å². The van der Waals surface area contributed by atoms with Crippen molar-refractivity contribution >= 4 is 7.68 Å². The van der Waals surface area contributed by atoms with E-state index in [1.54, 1.807) is 0 Å². The lowest BCUT2D eigenvalue weighted by Gasteiger charge is -2.41. The van der Waals surface area contributed by atoms with Crippen LogP contribution in [0.1, 0.15) is 162 Å². The molecule has 3 nitrogen and oxygen atoms in total. The van der Waals surface area contributed by atoms with Crippen molar-refractivity contribution in [2.24, 2.45) is 0 Å². The van der Waals surface area contributed by atoms with Gasteiger partial charge >= 0.3 is 7.68 Å². The molecule has 0 N–H and O–H groups in total. The summed E-state index contributed by atoms with van der Waals surface area (Å²) in [7, 11) is 3.69. The van der Waals surface area contributed by atoms with Gasteiger partial charge in [-0.25, -0.2) is 9.13 Å². The Balaban J connectivity index is 3.53. The van der Waals surface area contributed by atoms with Crippen molar-refractivity contribution in [2.75, 3.05) is 21.1 Å². The maximum atomic E-state index is 12.1. The number of rotatable bonds is 26. The van der Waals surface area contributed by atoms with Gasteiger partial charge in [0.05, 0.1) is 21.1 Å². The van der Waals surface area contributed by atoms with Gasteiger partial charge in [0.25, 0.3) is 0 Å². The predicted molar refractivity (Wildman–Crippen MR) is 156 cm³/mol. The Morgan fingerprint density at radius 2 is 0.886 bits per heavy atom. The Bertz CT molecular complexity index is 557. The molecule has 0 radical (unpaired) electrons. The first-order valence-electron chi connectivity index (χ1n) is 15.4. The molecule has 0 aliphatic rings. The molecule has 0 aromatic heterocycles. The quantitative estimate of drug-likeness (QED) is 0.0500. The fourth-order valence-corrected chi connectivity index (χ4v) is 6.58. The summed E-state index contributed by atoms with van der Waals surface area (Å²) in [6.45, 7) is 4.38. The first-order chi connectivity index (χ1) is 16.8. The molecule has 0 amide bonds. The molecule has 0 rings (SSSR count). The highest BCUT2D eigenvalue weighted by molar-refractivity contribution is 7.32. The summed E-state index contributed by atoms with van der Waals surface area (Å²) in [4.78, 5) is 0. The van der Waals surface area contributed by atoms with E-state index in [2.05, 4.69) is 26.0 Å². The Morgan fingerprint density at radius 1 is 0.514 bits per heavy atom. The van der Waals surface area contributed by atoms with Gasteiger partial charge in [-0.3, -0.25) is 0 Å². The third-order valence-corrected chi connectivity index (χ3v) is 9.55. The van der Waals surface area contributed by atoms with Crippen LogP contribution in [0.3, 0.4) is 0 Å². The van der Waals surface area contributed by atoms with Crippen LogP contribution in [0.25, 0.3) is 0 Å². The molecule has 0 aliphatic carbocycles. The van der Waals surface area contributed by atoms with Crippen LogP contribution in [0.2, 0.25) is 0 Å². The van der Waals surface area contributed by atoms with Crippen molar-refractivity contribution < 1.29 is 13.6 Å². The standard InChI is InChI=1S/C31H63NO2P/c1-6-8-9-10-11-12-13-14-15-16-17-18-19-20-21-22-23-24-25-26-27-28-30-31(29-7-2,35(33)34)32(3,4)5/h13-14H,6-12,15-30H2,1-5H3/q+1. The minimum atomic E-state index is -2.42. The Morgan fingerprint density at radius 3 is 1.23 bits per heavy atom. The average Bonchev–Trinajstić information content (AvgIpc) is 2.80. The van der Waals surface area contributed by atoms with E-state index in [-0.39, 0.29) is 0 Å². The van der Waals surface area contributed by atoms with Crippen LogP contribution >= 0.6 is 7.68 Å². The monoisotopic (exact) mass is 512 g/mol. The van der Waals surface area contributed by atoms with Crippen molar-refractivity contribution in [1.29, 1.82) is 0 Å². The summed E-state index contributed by atoms with van der Waals surface area (Å²) in [5.41, 5.74) is 0. The van der Waals surface area contributed by atoms with Crippen molar-refractivity contribution in [3.8, 4) is 0 Å². The second-order valence-electron chi connectivity index (χ2n) is 11.8. The molecule has 0 fully saturated rings. The van der Waals surface area contributed by atoms with Crippen molar-refractivity contribution in [2.45, 2.75) is 167 Å². The minimum absolute atomic E-state index is 0.524. The average molecular weight is 513 g/mol. The summed E-state index contributed by atoms with van der Waals surface area (Å²) in [5.74, 6) is 0. The molecule has 0 saturated carbocycles. The molecule has 0 spiro atoms. The van der Waals surface area contributed by atoms with Crippen molar-refractivity contribution in [1.82, 2.24) is 0 Å². The molecule has 208 valence electrons. The predicted octanol–water partition coefficient (Wildman–Crippen LogP) is 11.1. The highest BCUT2D eigenvalue weighted by atomic mass is 31.1. The molecule has 0 heterocycles. The fourth-order valence-electron chi connectivity index (χ4n) is 5.34. The van der Waals surface area contributed by atoms with Gasteiger partial charge in [0.2, 0.25) is 5.28 Å². The molecule has 4 heteroatoms. The number of hydrogen-bond acceptors (Lipinski definition) is 2. The number of nitrogens with zero attached hydrogens (tertiary/aromatic N) is 1. The van der Waals surface area contributed by atoms with E-state index >= 15 is 0 Å². The molecule has 0 bridgehead atoms. The van der Waals surface area contributed by atoms with E-state index in [9.17, 15) is 9.13 Å². The Hall–Kier alpha value is -0.400. The van der Waals surface area contributed by atoms with E-state index in [4.69, 9.17) is 0 Å².